The predicted octanol–water partition coefficient (Wildman–Crippen LogP) is -0.951. The SMILES string of the molecule is Nc1ncnc2nn([C@@H]3C[C@H](O)[C@@H](CO)O3)cc12. The molecule has 0 spiro atoms. The summed E-state index contributed by atoms with van der Waals surface area (Å²) in [7, 11) is 0. The van der Waals surface area contributed by atoms with E-state index in [-0.39, 0.29) is 6.61 Å². The van der Waals surface area contributed by atoms with Gasteiger partial charge in [-0.15, -0.1) is 5.10 Å². The van der Waals surface area contributed by atoms with Crippen LogP contribution in [0.2, 0.25) is 0 Å². The first kappa shape index (κ1) is 11.3. The Morgan fingerprint density at radius 2 is 2.33 bits per heavy atom. The minimum Gasteiger partial charge on any atom is -0.394 e. The largest absolute Gasteiger partial charge is 0.394 e. The van der Waals surface area contributed by atoms with Gasteiger partial charge >= 0.3 is 0 Å². The molecule has 1 aliphatic heterocycles. The zero-order valence-corrected chi connectivity index (χ0v) is 9.47. The maximum absolute atomic E-state index is 9.67. The van der Waals surface area contributed by atoms with Crippen LogP contribution in [0, 0.1) is 0 Å². The average molecular weight is 251 g/mol. The van der Waals surface area contributed by atoms with E-state index in [9.17, 15) is 5.11 Å². The third-order valence-corrected chi connectivity index (χ3v) is 3.04. The van der Waals surface area contributed by atoms with Gasteiger partial charge in [-0.3, -0.25) is 0 Å². The van der Waals surface area contributed by atoms with Gasteiger partial charge < -0.3 is 20.7 Å². The zero-order chi connectivity index (χ0) is 12.7. The summed E-state index contributed by atoms with van der Waals surface area (Å²) in [6.07, 6.45) is 1.69. The lowest BCUT2D eigenvalue weighted by Gasteiger charge is -2.11. The molecule has 0 aliphatic carbocycles. The van der Waals surface area contributed by atoms with E-state index in [1.54, 1.807) is 10.9 Å². The molecule has 3 rings (SSSR count). The summed E-state index contributed by atoms with van der Waals surface area (Å²) in [5, 5.41) is 23.6. The number of nitrogen functional groups attached to an aromatic ring is 1. The number of nitrogens with two attached hydrogens (primary N) is 1. The molecule has 96 valence electrons. The van der Waals surface area contributed by atoms with Crippen LogP contribution in [0.1, 0.15) is 12.6 Å². The van der Waals surface area contributed by atoms with Gasteiger partial charge in [0.15, 0.2) is 11.9 Å². The normalized spacial score (nSPS) is 28.0. The molecule has 4 N–H and O–H groups in total. The molecule has 2 aromatic rings. The van der Waals surface area contributed by atoms with Crippen LogP contribution in [0.15, 0.2) is 12.5 Å². The van der Waals surface area contributed by atoms with E-state index in [2.05, 4.69) is 15.1 Å². The summed E-state index contributed by atoms with van der Waals surface area (Å²) < 4.78 is 7.04. The average Bonchev–Trinajstić information content (AvgIpc) is 2.93. The van der Waals surface area contributed by atoms with Gasteiger partial charge in [0, 0.05) is 12.6 Å². The van der Waals surface area contributed by atoms with Crippen molar-refractivity contribution in [2.45, 2.75) is 24.9 Å². The highest BCUT2D eigenvalue weighted by Crippen LogP contribution is 2.29. The standard InChI is InChI=1S/C10H13N5O3/c11-9-5-2-15(14-10(5)13-4-12-9)8-1-6(17)7(3-16)18-8/h2,4,6-8,16-17H,1,3H2,(H2,11,12,13,14)/t6-,7+,8-/m0/s1. The van der Waals surface area contributed by atoms with Crippen LogP contribution in [0.5, 0.6) is 0 Å². The number of fused-ring (bicyclic) bond motifs is 1. The number of aliphatic hydroxyl groups is 2. The molecule has 1 aliphatic rings. The van der Waals surface area contributed by atoms with E-state index in [0.717, 1.165) is 0 Å². The Morgan fingerprint density at radius 3 is 3.00 bits per heavy atom. The van der Waals surface area contributed by atoms with Gasteiger partial charge in [0.05, 0.1) is 18.1 Å². The Morgan fingerprint density at radius 1 is 1.50 bits per heavy atom. The molecule has 0 radical (unpaired) electrons. The van der Waals surface area contributed by atoms with Gasteiger partial charge in [0.1, 0.15) is 18.2 Å². The Kier molecular flexibility index (Phi) is 2.62. The molecule has 18 heavy (non-hydrogen) atoms. The number of rotatable bonds is 2. The van der Waals surface area contributed by atoms with Crippen molar-refractivity contribution in [3.05, 3.63) is 12.5 Å². The number of aliphatic hydroxyl groups excluding tert-OH is 2. The molecule has 0 saturated carbocycles. The third-order valence-electron chi connectivity index (χ3n) is 3.04. The molecule has 0 aromatic carbocycles. The fourth-order valence-electron chi connectivity index (χ4n) is 2.06. The highest BCUT2D eigenvalue weighted by atomic mass is 16.5. The maximum atomic E-state index is 9.67. The smallest absolute Gasteiger partial charge is 0.186 e. The Hall–Kier alpha value is -1.77. The minimum absolute atomic E-state index is 0.222. The third kappa shape index (κ3) is 1.70. The summed E-state index contributed by atoms with van der Waals surface area (Å²) in [5.41, 5.74) is 6.19. The van der Waals surface area contributed by atoms with Crippen molar-refractivity contribution in [3.8, 4) is 0 Å². The first-order valence-electron chi connectivity index (χ1n) is 5.58. The molecule has 0 bridgehead atoms. The van der Waals surface area contributed by atoms with Crippen LogP contribution in [0.25, 0.3) is 11.0 Å². The molecular formula is C10H13N5O3. The molecule has 0 unspecified atom stereocenters. The molecular weight excluding hydrogens is 238 g/mol. The van der Waals surface area contributed by atoms with E-state index in [0.29, 0.717) is 23.3 Å². The van der Waals surface area contributed by atoms with Crippen LogP contribution in [-0.2, 0) is 4.74 Å². The number of ether oxygens (including phenoxy) is 1. The van der Waals surface area contributed by atoms with Gasteiger partial charge in [-0.05, 0) is 0 Å². The highest BCUT2D eigenvalue weighted by Gasteiger charge is 2.35. The summed E-state index contributed by atoms with van der Waals surface area (Å²) in [5.74, 6) is 0.350. The zero-order valence-electron chi connectivity index (χ0n) is 9.47. The van der Waals surface area contributed by atoms with Crippen LogP contribution in [0.3, 0.4) is 0 Å². The Bertz CT molecular complexity index is 572. The number of hydrogen-bond donors (Lipinski definition) is 3. The van der Waals surface area contributed by atoms with Gasteiger partial charge in [0.25, 0.3) is 0 Å². The lowest BCUT2D eigenvalue weighted by molar-refractivity contribution is -0.0482. The second-order valence-electron chi connectivity index (χ2n) is 4.22. The van der Waals surface area contributed by atoms with Crippen LogP contribution in [-0.4, -0.2) is 48.8 Å². The van der Waals surface area contributed by atoms with Gasteiger partial charge in [0.2, 0.25) is 0 Å². The quantitative estimate of drug-likeness (QED) is 0.629. The first-order valence-corrected chi connectivity index (χ1v) is 5.58. The van der Waals surface area contributed by atoms with Crippen molar-refractivity contribution in [2.24, 2.45) is 0 Å². The summed E-state index contributed by atoms with van der Waals surface area (Å²) in [6, 6.07) is 0. The lowest BCUT2D eigenvalue weighted by atomic mass is 10.2. The summed E-state index contributed by atoms with van der Waals surface area (Å²) >= 11 is 0. The molecule has 1 fully saturated rings. The van der Waals surface area contributed by atoms with Crippen LogP contribution < -0.4 is 5.73 Å². The van der Waals surface area contributed by atoms with Gasteiger partial charge in [-0.1, -0.05) is 0 Å². The molecule has 2 aromatic heterocycles. The molecule has 3 atom stereocenters. The Labute approximate surface area is 102 Å². The number of anilines is 1. The number of hydrogen-bond acceptors (Lipinski definition) is 7. The molecule has 8 heteroatoms. The number of aromatic nitrogens is 4. The van der Waals surface area contributed by atoms with E-state index in [4.69, 9.17) is 15.6 Å². The second-order valence-corrected chi connectivity index (χ2v) is 4.22. The summed E-state index contributed by atoms with van der Waals surface area (Å²) in [6.45, 7) is -0.222. The number of nitrogens with zero attached hydrogens (tertiary/aromatic N) is 4. The van der Waals surface area contributed by atoms with E-state index in [1.807, 2.05) is 0 Å². The van der Waals surface area contributed by atoms with Crippen molar-refractivity contribution in [2.75, 3.05) is 12.3 Å². The fourth-order valence-corrected chi connectivity index (χ4v) is 2.06. The minimum atomic E-state index is -0.698. The topological polar surface area (TPSA) is 119 Å². The molecule has 3 heterocycles. The van der Waals surface area contributed by atoms with Crippen molar-refractivity contribution in [3.63, 3.8) is 0 Å². The summed E-state index contributed by atoms with van der Waals surface area (Å²) in [4.78, 5) is 7.88. The van der Waals surface area contributed by atoms with Crippen molar-refractivity contribution in [1.82, 2.24) is 19.7 Å². The van der Waals surface area contributed by atoms with Crippen molar-refractivity contribution >= 4 is 16.9 Å². The van der Waals surface area contributed by atoms with Gasteiger partial charge in [-0.2, -0.15) is 0 Å². The van der Waals surface area contributed by atoms with E-state index in [1.165, 1.54) is 6.33 Å². The maximum Gasteiger partial charge on any atom is 0.186 e. The fraction of sp³-hybridized carbons (Fsp3) is 0.500. The van der Waals surface area contributed by atoms with Crippen LogP contribution >= 0.6 is 0 Å². The first-order chi connectivity index (χ1) is 8.69. The Balaban J connectivity index is 1.94. The van der Waals surface area contributed by atoms with E-state index < -0.39 is 18.4 Å². The molecule has 8 nitrogen and oxygen atoms in total. The van der Waals surface area contributed by atoms with E-state index >= 15 is 0 Å². The van der Waals surface area contributed by atoms with Crippen LogP contribution in [0.4, 0.5) is 5.82 Å². The van der Waals surface area contributed by atoms with Crippen molar-refractivity contribution < 1.29 is 14.9 Å². The van der Waals surface area contributed by atoms with Gasteiger partial charge in [-0.25, -0.2) is 14.6 Å². The molecule has 1 saturated heterocycles. The second kappa shape index (κ2) is 4.16. The lowest BCUT2D eigenvalue weighted by Crippen LogP contribution is -2.24. The highest BCUT2D eigenvalue weighted by molar-refractivity contribution is 5.84. The van der Waals surface area contributed by atoms with Crippen molar-refractivity contribution in [1.29, 1.82) is 0 Å². The molecule has 0 amide bonds. The monoisotopic (exact) mass is 251 g/mol. The predicted molar refractivity (Wildman–Crippen MR) is 61.4 cm³/mol.